The Morgan fingerprint density at radius 3 is 2.71 bits per heavy atom. The molecule has 1 aliphatic carbocycles. The summed E-state index contributed by atoms with van der Waals surface area (Å²) in [5.74, 6) is 0. The Morgan fingerprint density at radius 1 is 1.18 bits per heavy atom. The first kappa shape index (κ1) is 10.6. The molecule has 1 atom stereocenters. The average molecular weight is 226 g/mol. The zero-order chi connectivity index (χ0) is 11.8. The Balaban J connectivity index is 2.07. The minimum Gasteiger partial charge on any atom is -0.324 e. The third kappa shape index (κ3) is 1.79. The summed E-state index contributed by atoms with van der Waals surface area (Å²) < 4.78 is 2.29. The second-order valence-electron chi connectivity index (χ2n) is 4.92. The maximum atomic E-state index is 6.15. The Morgan fingerprint density at radius 2 is 1.94 bits per heavy atom. The van der Waals surface area contributed by atoms with Gasteiger partial charge in [0, 0.05) is 23.6 Å². The highest BCUT2D eigenvalue weighted by molar-refractivity contribution is 5.41. The SMILES string of the molecule is Cc1ccc(-n2ccc3c2CCCC3N)cc1. The number of hydrogen-bond acceptors (Lipinski definition) is 1. The molecule has 0 aliphatic heterocycles. The Bertz CT molecular complexity index is 522. The number of rotatable bonds is 1. The van der Waals surface area contributed by atoms with Gasteiger partial charge in [-0.1, -0.05) is 17.7 Å². The molecule has 0 spiro atoms. The monoisotopic (exact) mass is 226 g/mol. The first-order valence-electron chi connectivity index (χ1n) is 6.28. The lowest BCUT2D eigenvalue weighted by molar-refractivity contribution is 0.560. The van der Waals surface area contributed by atoms with Crippen molar-refractivity contribution in [1.29, 1.82) is 0 Å². The third-order valence-corrected chi connectivity index (χ3v) is 3.67. The van der Waals surface area contributed by atoms with E-state index < -0.39 is 0 Å². The molecule has 17 heavy (non-hydrogen) atoms. The zero-order valence-corrected chi connectivity index (χ0v) is 10.2. The van der Waals surface area contributed by atoms with Crippen LogP contribution in [0.1, 0.15) is 35.7 Å². The van der Waals surface area contributed by atoms with Crippen molar-refractivity contribution in [1.82, 2.24) is 4.57 Å². The van der Waals surface area contributed by atoms with Crippen molar-refractivity contribution in [2.45, 2.75) is 32.2 Å². The maximum absolute atomic E-state index is 6.15. The quantitative estimate of drug-likeness (QED) is 0.795. The number of hydrogen-bond donors (Lipinski definition) is 1. The third-order valence-electron chi connectivity index (χ3n) is 3.67. The lowest BCUT2D eigenvalue weighted by Crippen LogP contribution is -2.17. The molecular formula is C15H18N2. The van der Waals surface area contributed by atoms with Crippen molar-refractivity contribution in [2.75, 3.05) is 0 Å². The molecule has 1 heterocycles. The lowest BCUT2D eigenvalue weighted by Gasteiger charge is -2.21. The van der Waals surface area contributed by atoms with E-state index in [1.165, 1.54) is 28.9 Å². The number of aryl methyl sites for hydroxylation is 1. The van der Waals surface area contributed by atoms with Crippen LogP contribution in [0.2, 0.25) is 0 Å². The fraction of sp³-hybridized carbons (Fsp3) is 0.333. The van der Waals surface area contributed by atoms with Crippen molar-refractivity contribution < 1.29 is 0 Å². The van der Waals surface area contributed by atoms with Crippen LogP contribution in [0, 0.1) is 6.92 Å². The van der Waals surface area contributed by atoms with Crippen LogP contribution in [0.3, 0.4) is 0 Å². The maximum Gasteiger partial charge on any atom is 0.0452 e. The van der Waals surface area contributed by atoms with Gasteiger partial charge in [0.05, 0.1) is 0 Å². The summed E-state index contributed by atoms with van der Waals surface area (Å²) in [5.41, 5.74) is 11.4. The van der Waals surface area contributed by atoms with Gasteiger partial charge >= 0.3 is 0 Å². The second-order valence-corrected chi connectivity index (χ2v) is 4.92. The van der Waals surface area contributed by atoms with E-state index in [0.717, 1.165) is 12.8 Å². The van der Waals surface area contributed by atoms with Crippen LogP contribution in [-0.4, -0.2) is 4.57 Å². The van der Waals surface area contributed by atoms with Gasteiger partial charge in [0.25, 0.3) is 0 Å². The minimum absolute atomic E-state index is 0.227. The molecule has 2 aromatic rings. The van der Waals surface area contributed by atoms with Gasteiger partial charge in [-0.2, -0.15) is 0 Å². The molecule has 0 saturated carbocycles. The predicted octanol–water partition coefficient (Wildman–Crippen LogP) is 3.12. The lowest BCUT2D eigenvalue weighted by atomic mass is 9.93. The summed E-state index contributed by atoms with van der Waals surface area (Å²) in [6.45, 7) is 2.12. The molecule has 0 radical (unpaired) electrons. The number of nitrogens with zero attached hydrogens (tertiary/aromatic N) is 1. The van der Waals surface area contributed by atoms with Crippen LogP contribution >= 0.6 is 0 Å². The fourth-order valence-electron chi connectivity index (χ4n) is 2.67. The van der Waals surface area contributed by atoms with Crippen LogP contribution < -0.4 is 5.73 Å². The highest BCUT2D eigenvalue weighted by Gasteiger charge is 2.20. The second kappa shape index (κ2) is 4.04. The average Bonchev–Trinajstić information content (AvgIpc) is 2.75. The molecule has 2 heteroatoms. The van der Waals surface area contributed by atoms with Crippen molar-refractivity contribution in [3.05, 3.63) is 53.3 Å². The van der Waals surface area contributed by atoms with Crippen molar-refractivity contribution in [2.24, 2.45) is 5.73 Å². The Kier molecular flexibility index (Phi) is 2.52. The Labute approximate surface area is 102 Å². The highest BCUT2D eigenvalue weighted by atomic mass is 15.0. The summed E-state index contributed by atoms with van der Waals surface area (Å²) in [4.78, 5) is 0. The van der Waals surface area contributed by atoms with E-state index in [1.807, 2.05) is 0 Å². The van der Waals surface area contributed by atoms with Crippen LogP contribution in [-0.2, 0) is 6.42 Å². The number of fused-ring (bicyclic) bond motifs is 1. The van der Waals surface area contributed by atoms with Crippen LogP contribution in [0.5, 0.6) is 0 Å². The van der Waals surface area contributed by atoms with Gasteiger partial charge in [0.1, 0.15) is 0 Å². The number of benzene rings is 1. The van der Waals surface area contributed by atoms with E-state index in [0.29, 0.717) is 0 Å². The molecule has 0 amide bonds. The molecule has 1 aliphatic rings. The van der Waals surface area contributed by atoms with Crippen LogP contribution in [0.15, 0.2) is 36.5 Å². The Hall–Kier alpha value is -1.54. The molecular weight excluding hydrogens is 208 g/mol. The van der Waals surface area contributed by atoms with Crippen LogP contribution in [0.4, 0.5) is 0 Å². The first-order chi connectivity index (χ1) is 8.25. The molecule has 2 nitrogen and oxygen atoms in total. The number of nitrogens with two attached hydrogens (primary N) is 1. The van der Waals surface area contributed by atoms with E-state index in [1.54, 1.807) is 0 Å². The molecule has 3 rings (SSSR count). The van der Waals surface area contributed by atoms with Crippen molar-refractivity contribution in [3.8, 4) is 5.69 Å². The van der Waals surface area contributed by atoms with E-state index in [-0.39, 0.29) is 6.04 Å². The molecule has 0 fully saturated rings. The van der Waals surface area contributed by atoms with Gasteiger partial charge in [-0.3, -0.25) is 0 Å². The van der Waals surface area contributed by atoms with Crippen LogP contribution in [0.25, 0.3) is 5.69 Å². The summed E-state index contributed by atoms with van der Waals surface area (Å²) in [6.07, 6.45) is 5.61. The molecule has 1 unspecified atom stereocenters. The van der Waals surface area contributed by atoms with Crippen molar-refractivity contribution >= 4 is 0 Å². The van der Waals surface area contributed by atoms with Gasteiger partial charge in [-0.05, 0) is 49.9 Å². The first-order valence-corrected chi connectivity index (χ1v) is 6.28. The van der Waals surface area contributed by atoms with Gasteiger partial charge < -0.3 is 10.3 Å². The summed E-state index contributed by atoms with van der Waals surface area (Å²) in [7, 11) is 0. The van der Waals surface area contributed by atoms with E-state index in [9.17, 15) is 0 Å². The molecule has 1 aromatic heterocycles. The van der Waals surface area contributed by atoms with Gasteiger partial charge in [0.15, 0.2) is 0 Å². The smallest absolute Gasteiger partial charge is 0.0452 e. The van der Waals surface area contributed by atoms with E-state index in [2.05, 4.69) is 48.0 Å². The summed E-state index contributed by atoms with van der Waals surface area (Å²) >= 11 is 0. The van der Waals surface area contributed by atoms with Gasteiger partial charge in [-0.25, -0.2) is 0 Å². The molecule has 1 aromatic carbocycles. The molecule has 0 saturated heterocycles. The van der Waals surface area contributed by atoms with E-state index >= 15 is 0 Å². The molecule has 0 bridgehead atoms. The van der Waals surface area contributed by atoms with Gasteiger partial charge in [-0.15, -0.1) is 0 Å². The number of aromatic nitrogens is 1. The summed E-state index contributed by atoms with van der Waals surface area (Å²) in [6, 6.07) is 11.1. The molecule has 2 N–H and O–H groups in total. The normalized spacial score (nSPS) is 19.1. The largest absolute Gasteiger partial charge is 0.324 e. The standard InChI is InChI=1S/C15H18N2/c1-11-5-7-12(8-6-11)17-10-9-13-14(16)3-2-4-15(13)17/h5-10,14H,2-4,16H2,1H3. The van der Waals surface area contributed by atoms with E-state index in [4.69, 9.17) is 5.73 Å². The predicted molar refractivity (Wildman–Crippen MR) is 70.4 cm³/mol. The van der Waals surface area contributed by atoms with Crippen molar-refractivity contribution in [3.63, 3.8) is 0 Å². The summed E-state index contributed by atoms with van der Waals surface area (Å²) in [5, 5.41) is 0. The highest BCUT2D eigenvalue weighted by Crippen LogP contribution is 2.30. The molecule has 88 valence electrons. The topological polar surface area (TPSA) is 30.9 Å². The minimum atomic E-state index is 0.227. The van der Waals surface area contributed by atoms with Gasteiger partial charge in [0.2, 0.25) is 0 Å². The zero-order valence-electron chi connectivity index (χ0n) is 10.2. The fourth-order valence-corrected chi connectivity index (χ4v) is 2.67.